The topological polar surface area (TPSA) is 24.9 Å². The molecule has 0 amide bonds. The summed E-state index contributed by atoms with van der Waals surface area (Å²) < 4.78 is 16.1. The number of aromatic nitrogens is 1. The molecule has 0 saturated carbocycles. The Bertz CT molecular complexity index is 619. The molecule has 2 aromatic rings. The van der Waals surface area contributed by atoms with Gasteiger partial charge in [-0.15, -0.1) is 0 Å². The maximum atomic E-state index is 13.4. The Kier molecular flexibility index (Phi) is 5.72. The summed E-state index contributed by atoms with van der Waals surface area (Å²) in [4.78, 5) is 4.43. The van der Waals surface area contributed by atoms with Gasteiger partial charge in [-0.2, -0.15) is 0 Å². The highest BCUT2D eigenvalue weighted by Gasteiger charge is 2.17. The van der Waals surface area contributed by atoms with Gasteiger partial charge < -0.3 is 5.32 Å². The molecule has 1 aromatic heterocycles. The van der Waals surface area contributed by atoms with Crippen molar-refractivity contribution < 1.29 is 4.39 Å². The van der Waals surface area contributed by atoms with Crippen LogP contribution in [0.5, 0.6) is 0 Å². The summed E-state index contributed by atoms with van der Waals surface area (Å²) in [6.45, 7) is 0. The lowest BCUT2D eigenvalue weighted by Crippen LogP contribution is -2.20. The van der Waals surface area contributed by atoms with Crippen LogP contribution in [-0.2, 0) is 6.42 Å². The number of halogens is 4. The quantitative estimate of drug-likeness (QED) is 0.685. The molecule has 2 nitrogen and oxygen atoms in total. The smallest absolute Gasteiger partial charge is 0.123 e. The molecule has 1 heterocycles. The second-order valence-electron chi connectivity index (χ2n) is 4.30. The molecule has 0 saturated heterocycles. The molecule has 2 rings (SSSR count). The first-order valence-corrected chi connectivity index (χ1v) is 8.31. The van der Waals surface area contributed by atoms with Gasteiger partial charge in [0.25, 0.3) is 0 Å². The molecular weight excluding hydrogens is 455 g/mol. The first-order chi connectivity index (χ1) is 9.51. The van der Waals surface area contributed by atoms with Crippen LogP contribution < -0.4 is 5.32 Å². The van der Waals surface area contributed by atoms with Crippen LogP contribution in [0.1, 0.15) is 17.3 Å². The van der Waals surface area contributed by atoms with E-state index >= 15 is 0 Å². The fourth-order valence-electron chi connectivity index (χ4n) is 1.94. The molecule has 0 bridgehead atoms. The van der Waals surface area contributed by atoms with E-state index in [0.29, 0.717) is 6.42 Å². The molecule has 0 fully saturated rings. The zero-order valence-corrected chi connectivity index (χ0v) is 15.4. The van der Waals surface area contributed by atoms with Gasteiger partial charge in [0.15, 0.2) is 0 Å². The summed E-state index contributed by atoms with van der Waals surface area (Å²) in [7, 11) is 1.87. The van der Waals surface area contributed by atoms with Gasteiger partial charge >= 0.3 is 0 Å². The Morgan fingerprint density at radius 2 is 1.95 bits per heavy atom. The van der Waals surface area contributed by atoms with Gasteiger partial charge in [-0.05, 0) is 75.2 Å². The van der Waals surface area contributed by atoms with Crippen molar-refractivity contribution >= 4 is 47.8 Å². The molecular formula is C14H12Br3FN2. The molecule has 0 spiro atoms. The largest absolute Gasteiger partial charge is 0.311 e. The fourth-order valence-corrected chi connectivity index (χ4v) is 3.61. The van der Waals surface area contributed by atoms with E-state index in [4.69, 9.17) is 0 Å². The molecule has 6 heteroatoms. The first-order valence-electron chi connectivity index (χ1n) is 5.93. The second kappa shape index (κ2) is 7.11. The Hall–Kier alpha value is -0.300. The zero-order valence-electron chi connectivity index (χ0n) is 10.6. The number of nitrogens with one attached hydrogen (secondary N) is 1. The van der Waals surface area contributed by atoms with Crippen LogP contribution in [-0.4, -0.2) is 12.0 Å². The number of benzene rings is 1. The van der Waals surface area contributed by atoms with Crippen molar-refractivity contribution in [1.82, 2.24) is 10.3 Å². The van der Waals surface area contributed by atoms with Crippen LogP contribution in [0.3, 0.4) is 0 Å². The SMILES string of the molecule is CNC(Cc1cc(F)ccc1Br)c1ncc(Br)cc1Br. The van der Waals surface area contributed by atoms with Gasteiger partial charge in [0, 0.05) is 19.6 Å². The van der Waals surface area contributed by atoms with Gasteiger partial charge in [-0.25, -0.2) is 4.39 Å². The summed E-state index contributed by atoms with van der Waals surface area (Å²) in [5.41, 5.74) is 1.80. The molecule has 106 valence electrons. The molecule has 20 heavy (non-hydrogen) atoms. The summed E-state index contributed by atoms with van der Waals surface area (Å²) in [5, 5.41) is 3.22. The Morgan fingerprint density at radius 3 is 2.60 bits per heavy atom. The lowest BCUT2D eigenvalue weighted by atomic mass is 10.0. The minimum absolute atomic E-state index is 0.00410. The molecule has 1 unspecified atom stereocenters. The number of pyridine rings is 1. The number of hydrogen-bond acceptors (Lipinski definition) is 2. The monoisotopic (exact) mass is 464 g/mol. The van der Waals surface area contributed by atoms with Crippen LogP contribution in [0, 0.1) is 5.82 Å². The molecule has 1 N–H and O–H groups in total. The average molecular weight is 467 g/mol. The normalized spacial score (nSPS) is 12.4. The van der Waals surface area contributed by atoms with Gasteiger partial charge in [0.1, 0.15) is 5.82 Å². The first kappa shape index (κ1) is 16.1. The highest BCUT2D eigenvalue weighted by atomic mass is 79.9. The van der Waals surface area contributed by atoms with Crippen LogP contribution >= 0.6 is 47.8 Å². The van der Waals surface area contributed by atoms with Crippen molar-refractivity contribution in [2.45, 2.75) is 12.5 Å². The van der Waals surface area contributed by atoms with Crippen LogP contribution in [0.4, 0.5) is 4.39 Å². The number of rotatable bonds is 4. The maximum absolute atomic E-state index is 13.4. The van der Waals surface area contributed by atoms with Gasteiger partial charge in [0.2, 0.25) is 0 Å². The molecule has 1 aromatic carbocycles. The Morgan fingerprint density at radius 1 is 1.20 bits per heavy atom. The molecule has 1 atom stereocenters. The van der Waals surface area contributed by atoms with Crippen molar-refractivity contribution in [2.75, 3.05) is 7.05 Å². The van der Waals surface area contributed by atoms with Gasteiger partial charge in [0.05, 0.1) is 11.7 Å². The van der Waals surface area contributed by atoms with E-state index in [2.05, 4.69) is 58.1 Å². The molecule has 0 aliphatic heterocycles. The van der Waals surface area contributed by atoms with Crippen LogP contribution in [0.2, 0.25) is 0 Å². The summed E-state index contributed by atoms with van der Waals surface area (Å²) in [6, 6.07) is 6.65. The van der Waals surface area contributed by atoms with E-state index in [1.165, 1.54) is 6.07 Å². The molecule has 0 aliphatic carbocycles. The zero-order chi connectivity index (χ0) is 14.7. The van der Waals surface area contributed by atoms with E-state index in [1.54, 1.807) is 18.3 Å². The maximum Gasteiger partial charge on any atom is 0.123 e. The van der Waals surface area contributed by atoms with E-state index in [0.717, 1.165) is 24.7 Å². The lowest BCUT2D eigenvalue weighted by molar-refractivity contribution is 0.566. The van der Waals surface area contributed by atoms with Crippen molar-refractivity contribution in [3.05, 3.63) is 61.0 Å². The number of nitrogens with zero attached hydrogens (tertiary/aromatic N) is 1. The predicted molar refractivity (Wildman–Crippen MR) is 89.2 cm³/mol. The minimum Gasteiger partial charge on any atom is -0.311 e. The predicted octanol–water partition coefficient (Wildman–Crippen LogP) is 5.01. The Labute approximate surface area is 142 Å². The van der Waals surface area contributed by atoms with Crippen molar-refractivity contribution in [1.29, 1.82) is 0 Å². The molecule has 0 aliphatic rings. The highest BCUT2D eigenvalue weighted by Crippen LogP contribution is 2.29. The third-order valence-corrected chi connectivity index (χ3v) is 4.79. The number of likely N-dealkylation sites (N-methyl/N-ethyl adjacent to an activating group) is 1. The number of hydrogen-bond donors (Lipinski definition) is 1. The van der Waals surface area contributed by atoms with E-state index in [-0.39, 0.29) is 11.9 Å². The summed E-state index contributed by atoms with van der Waals surface area (Å²) in [5.74, 6) is -0.235. The average Bonchev–Trinajstić information content (AvgIpc) is 2.40. The van der Waals surface area contributed by atoms with Crippen molar-refractivity contribution in [3.8, 4) is 0 Å². The third-order valence-electron chi connectivity index (χ3n) is 2.95. The van der Waals surface area contributed by atoms with Crippen LogP contribution in [0.25, 0.3) is 0 Å². The third kappa shape index (κ3) is 3.87. The van der Waals surface area contributed by atoms with E-state index in [1.807, 2.05) is 13.1 Å². The minimum atomic E-state index is -0.235. The van der Waals surface area contributed by atoms with Crippen molar-refractivity contribution in [3.63, 3.8) is 0 Å². The molecule has 0 radical (unpaired) electrons. The summed E-state index contributed by atoms with van der Waals surface area (Å²) >= 11 is 10.4. The van der Waals surface area contributed by atoms with E-state index < -0.39 is 0 Å². The highest BCUT2D eigenvalue weighted by molar-refractivity contribution is 9.11. The van der Waals surface area contributed by atoms with Gasteiger partial charge in [-0.1, -0.05) is 15.9 Å². The Balaban J connectivity index is 2.31. The second-order valence-corrected chi connectivity index (χ2v) is 6.93. The summed E-state index contributed by atoms with van der Waals surface area (Å²) in [6.07, 6.45) is 2.40. The fraction of sp³-hybridized carbons (Fsp3) is 0.214. The van der Waals surface area contributed by atoms with Gasteiger partial charge in [-0.3, -0.25) is 4.98 Å². The van der Waals surface area contributed by atoms with Crippen molar-refractivity contribution in [2.24, 2.45) is 0 Å². The van der Waals surface area contributed by atoms with Crippen LogP contribution in [0.15, 0.2) is 43.9 Å². The standard InChI is InChI=1S/C14H12Br3FN2/c1-19-13(14-12(17)6-9(15)7-20-14)5-8-4-10(18)2-3-11(8)16/h2-4,6-7,13,19H,5H2,1H3. The lowest BCUT2D eigenvalue weighted by Gasteiger charge is -2.18. The van der Waals surface area contributed by atoms with E-state index in [9.17, 15) is 4.39 Å².